The van der Waals surface area contributed by atoms with Crippen molar-refractivity contribution in [1.29, 1.82) is 0 Å². The highest BCUT2D eigenvalue weighted by Crippen LogP contribution is 2.44. The van der Waals surface area contributed by atoms with E-state index >= 15 is 0 Å². The van der Waals surface area contributed by atoms with Gasteiger partial charge in [-0.25, -0.2) is 13.3 Å². The van der Waals surface area contributed by atoms with Gasteiger partial charge in [-0.15, -0.1) is 11.3 Å². The van der Waals surface area contributed by atoms with E-state index in [1.807, 2.05) is 17.5 Å². The molecule has 1 fully saturated rings. The predicted molar refractivity (Wildman–Crippen MR) is 106 cm³/mol. The first-order chi connectivity index (χ1) is 12.4. The van der Waals surface area contributed by atoms with Crippen molar-refractivity contribution in [3.8, 4) is 0 Å². The summed E-state index contributed by atoms with van der Waals surface area (Å²) >= 11 is 11.5. The minimum Gasteiger partial charge on any atom is -0.378 e. The van der Waals surface area contributed by atoms with Crippen LogP contribution in [0.1, 0.15) is 42.0 Å². The molecule has 4 rings (SSSR count). The van der Waals surface area contributed by atoms with Crippen molar-refractivity contribution >= 4 is 50.1 Å². The van der Waals surface area contributed by atoms with Crippen LogP contribution in [0.2, 0.25) is 5.15 Å². The molecule has 0 bridgehead atoms. The van der Waals surface area contributed by atoms with Crippen LogP contribution < -0.4 is 5.32 Å². The second kappa shape index (κ2) is 7.09. The lowest BCUT2D eigenvalue weighted by molar-refractivity contribution is -0.0382. The molecule has 0 atom stereocenters. The highest BCUT2D eigenvalue weighted by Gasteiger charge is 2.36. The Bertz CT molecular complexity index is 916. The van der Waals surface area contributed by atoms with Crippen LogP contribution in [0.15, 0.2) is 34.2 Å². The Morgan fingerprint density at radius 1 is 1.35 bits per heavy atom. The normalized spacial score (nSPS) is 17.7. The lowest BCUT2D eigenvalue weighted by Gasteiger charge is -2.28. The number of anilines is 1. The van der Waals surface area contributed by atoms with E-state index in [4.69, 9.17) is 11.6 Å². The monoisotopic (exact) mass is 459 g/mol. The minimum absolute atomic E-state index is 0.0615. The van der Waals surface area contributed by atoms with Crippen molar-refractivity contribution in [2.45, 2.75) is 44.1 Å². The van der Waals surface area contributed by atoms with Gasteiger partial charge in [0.1, 0.15) is 4.60 Å². The number of rotatable bonds is 4. The van der Waals surface area contributed by atoms with E-state index in [-0.39, 0.29) is 18.8 Å². The van der Waals surface area contributed by atoms with E-state index < -0.39 is 5.92 Å². The molecule has 0 spiro atoms. The second-order valence-corrected chi connectivity index (χ2v) is 8.80. The molecule has 0 unspecified atom stereocenters. The summed E-state index contributed by atoms with van der Waals surface area (Å²) in [7, 11) is 0. The van der Waals surface area contributed by atoms with Gasteiger partial charge in [0.05, 0.1) is 11.2 Å². The van der Waals surface area contributed by atoms with E-state index in [2.05, 4.69) is 32.4 Å². The third kappa shape index (κ3) is 3.62. The fourth-order valence-corrected chi connectivity index (χ4v) is 5.02. The Balaban J connectivity index is 1.66. The number of alkyl halides is 2. The van der Waals surface area contributed by atoms with Crippen molar-refractivity contribution in [1.82, 2.24) is 9.61 Å². The van der Waals surface area contributed by atoms with Crippen molar-refractivity contribution in [3.05, 3.63) is 49.8 Å². The maximum atomic E-state index is 13.5. The molecule has 0 aliphatic heterocycles. The summed E-state index contributed by atoms with van der Waals surface area (Å²) in [5.41, 5.74) is 2.80. The van der Waals surface area contributed by atoms with Gasteiger partial charge in [0.2, 0.25) is 5.92 Å². The lowest BCUT2D eigenvalue weighted by atomic mass is 9.83. The number of hydrogen-bond donors (Lipinski definition) is 1. The zero-order chi connectivity index (χ0) is 18.3. The maximum absolute atomic E-state index is 13.5. The molecular weight excluding hydrogens is 444 g/mol. The molecular formula is C18H17BrClF2N3S. The molecule has 1 aliphatic rings. The molecule has 1 N–H and O–H groups in total. The van der Waals surface area contributed by atoms with Gasteiger partial charge in [-0.2, -0.15) is 5.10 Å². The Labute approximate surface area is 167 Å². The molecule has 26 heavy (non-hydrogen) atoms. The molecule has 1 aliphatic carbocycles. The zero-order valence-electron chi connectivity index (χ0n) is 13.8. The Morgan fingerprint density at radius 2 is 2.12 bits per heavy atom. The number of hydrogen-bond acceptors (Lipinski definition) is 3. The highest BCUT2D eigenvalue weighted by atomic mass is 79.9. The van der Waals surface area contributed by atoms with Crippen LogP contribution in [0.5, 0.6) is 0 Å². The van der Waals surface area contributed by atoms with Gasteiger partial charge in [0, 0.05) is 30.3 Å². The van der Waals surface area contributed by atoms with Crippen molar-refractivity contribution < 1.29 is 8.78 Å². The Morgan fingerprint density at radius 3 is 2.81 bits per heavy atom. The lowest BCUT2D eigenvalue weighted by Crippen LogP contribution is -2.23. The Kier molecular flexibility index (Phi) is 4.96. The van der Waals surface area contributed by atoms with Crippen LogP contribution in [0.3, 0.4) is 0 Å². The van der Waals surface area contributed by atoms with Crippen LogP contribution >= 0.6 is 38.9 Å². The first-order valence-electron chi connectivity index (χ1n) is 8.45. The van der Waals surface area contributed by atoms with Gasteiger partial charge in [-0.05, 0) is 57.8 Å². The number of nitrogens with zero attached hydrogens (tertiary/aromatic N) is 2. The highest BCUT2D eigenvalue weighted by molar-refractivity contribution is 9.10. The van der Waals surface area contributed by atoms with E-state index in [1.54, 1.807) is 21.9 Å². The first kappa shape index (κ1) is 18.2. The van der Waals surface area contributed by atoms with Crippen LogP contribution in [0, 0.1) is 0 Å². The quantitative estimate of drug-likeness (QED) is 0.468. The molecule has 8 heteroatoms. The molecule has 0 aromatic carbocycles. The molecule has 0 radical (unpaired) electrons. The predicted octanol–water partition coefficient (Wildman–Crippen LogP) is 6.72. The summed E-state index contributed by atoms with van der Waals surface area (Å²) < 4.78 is 29.5. The second-order valence-electron chi connectivity index (χ2n) is 6.63. The molecule has 138 valence electrons. The average Bonchev–Trinajstić information content (AvgIpc) is 3.22. The zero-order valence-corrected chi connectivity index (χ0v) is 17.0. The van der Waals surface area contributed by atoms with E-state index in [9.17, 15) is 8.78 Å². The standard InChI is InChI=1S/C18H17BrClF2N3S/c19-17-13(11-3-5-18(21,22)6-4-11)8-15-14(9-16(20)24-25(15)17)23-10-12-2-1-7-26-12/h1-2,7-9,11,23H,3-6,10H2. The molecule has 0 saturated heterocycles. The number of halogens is 4. The van der Waals surface area contributed by atoms with Gasteiger partial charge in [0.15, 0.2) is 5.15 Å². The SMILES string of the molecule is FC1(F)CCC(c2cc3c(NCc4cccs4)cc(Cl)nn3c2Br)CC1. The van der Waals surface area contributed by atoms with Gasteiger partial charge >= 0.3 is 0 Å². The number of thiophene rings is 1. The first-order valence-corrected chi connectivity index (χ1v) is 10.5. The number of aromatic nitrogens is 2. The van der Waals surface area contributed by atoms with Crippen molar-refractivity contribution in [3.63, 3.8) is 0 Å². The fourth-order valence-electron chi connectivity index (χ4n) is 3.48. The summed E-state index contributed by atoms with van der Waals surface area (Å²) in [4.78, 5) is 1.22. The van der Waals surface area contributed by atoms with Crippen molar-refractivity contribution in [2.75, 3.05) is 5.32 Å². The average molecular weight is 461 g/mol. The summed E-state index contributed by atoms with van der Waals surface area (Å²) in [5, 5.41) is 10.2. The Hall–Kier alpha value is -1.18. The third-order valence-corrected chi connectivity index (χ3v) is 6.72. The molecule has 3 aromatic heterocycles. The van der Waals surface area contributed by atoms with Gasteiger partial charge in [0.25, 0.3) is 0 Å². The number of fused-ring (bicyclic) bond motifs is 1. The topological polar surface area (TPSA) is 29.3 Å². The molecule has 3 nitrogen and oxygen atoms in total. The molecule has 3 aromatic rings. The van der Waals surface area contributed by atoms with E-state index in [0.29, 0.717) is 24.5 Å². The van der Waals surface area contributed by atoms with Gasteiger partial charge < -0.3 is 5.32 Å². The smallest absolute Gasteiger partial charge is 0.248 e. The summed E-state index contributed by atoms with van der Waals surface area (Å²) in [5.74, 6) is -2.42. The van der Waals surface area contributed by atoms with Crippen LogP contribution in [0.4, 0.5) is 14.5 Å². The van der Waals surface area contributed by atoms with E-state index in [1.165, 1.54) is 4.88 Å². The van der Waals surface area contributed by atoms with Crippen LogP contribution in [0.25, 0.3) is 5.52 Å². The van der Waals surface area contributed by atoms with Crippen LogP contribution in [-0.2, 0) is 6.54 Å². The summed E-state index contributed by atoms with van der Waals surface area (Å²) in [6.45, 7) is 0.696. The minimum atomic E-state index is -2.53. The van der Waals surface area contributed by atoms with Crippen molar-refractivity contribution in [2.24, 2.45) is 0 Å². The van der Waals surface area contributed by atoms with E-state index in [0.717, 1.165) is 21.4 Å². The van der Waals surface area contributed by atoms with Crippen LogP contribution in [-0.4, -0.2) is 15.5 Å². The largest absolute Gasteiger partial charge is 0.378 e. The molecule has 0 amide bonds. The molecule has 3 heterocycles. The van der Waals surface area contributed by atoms with Gasteiger partial charge in [-0.3, -0.25) is 0 Å². The maximum Gasteiger partial charge on any atom is 0.248 e. The van der Waals surface area contributed by atoms with Gasteiger partial charge in [-0.1, -0.05) is 17.7 Å². The third-order valence-electron chi connectivity index (χ3n) is 4.87. The summed E-state index contributed by atoms with van der Waals surface area (Å²) in [6, 6.07) is 7.93. The fraction of sp³-hybridized carbons (Fsp3) is 0.389. The molecule has 1 saturated carbocycles. The number of nitrogens with one attached hydrogen (secondary N) is 1. The summed E-state index contributed by atoms with van der Waals surface area (Å²) in [6.07, 6.45) is 0.838.